The smallest absolute Gasteiger partial charge is 0.324 e. The van der Waals surface area contributed by atoms with Crippen molar-refractivity contribution in [3.63, 3.8) is 0 Å². The summed E-state index contributed by atoms with van der Waals surface area (Å²) in [7, 11) is 0. The first-order chi connectivity index (χ1) is 18.4. The molecule has 0 spiro atoms. The number of benzene rings is 3. The molecule has 38 heavy (non-hydrogen) atoms. The molecule has 1 aliphatic carbocycles. The number of rotatable bonds is 8. The molecule has 0 heterocycles. The van der Waals surface area contributed by atoms with Gasteiger partial charge in [-0.15, -0.1) is 0 Å². The van der Waals surface area contributed by atoms with Crippen LogP contribution in [0.25, 0.3) is 0 Å². The first-order valence-electron chi connectivity index (χ1n) is 14.3. The third kappa shape index (κ3) is 6.68. The van der Waals surface area contributed by atoms with Crippen molar-refractivity contribution in [3.8, 4) is 0 Å². The van der Waals surface area contributed by atoms with E-state index in [0.717, 1.165) is 16.7 Å². The lowest BCUT2D eigenvalue weighted by Crippen LogP contribution is -2.42. The Bertz CT molecular complexity index is 1150. The molecule has 0 radical (unpaired) electrons. The van der Waals surface area contributed by atoms with Crippen LogP contribution in [-0.2, 0) is 15.1 Å². The minimum absolute atomic E-state index is 0.274. The molecule has 1 aliphatic rings. The van der Waals surface area contributed by atoms with E-state index < -0.39 is 17.6 Å². The first kappa shape index (κ1) is 28.4. The Hall–Kier alpha value is -2.62. The fourth-order valence-electron chi connectivity index (χ4n) is 5.86. The van der Waals surface area contributed by atoms with Gasteiger partial charge in [0.1, 0.15) is 6.04 Å². The van der Waals surface area contributed by atoms with E-state index in [2.05, 4.69) is 38.1 Å². The van der Waals surface area contributed by atoms with Crippen molar-refractivity contribution in [1.29, 1.82) is 0 Å². The van der Waals surface area contributed by atoms with Crippen LogP contribution in [0.1, 0.15) is 99.8 Å². The predicted molar refractivity (Wildman–Crippen MR) is 157 cm³/mol. The van der Waals surface area contributed by atoms with Gasteiger partial charge >= 0.3 is 5.97 Å². The molecule has 1 saturated carbocycles. The minimum Gasteiger partial charge on any atom is -0.443 e. The van der Waals surface area contributed by atoms with Gasteiger partial charge in [-0.3, -0.25) is 4.79 Å². The zero-order valence-electron chi connectivity index (χ0n) is 22.9. The van der Waals surface area contributed by atoms with Gasteiger partial charge in [0.2, 0.25) is 0 Å². The summed E-state index contributed by atoms with van der Waals surface area (Å²) >= 11 is 6.84. The van der Waals surface area contributed by atoms with Gasteiger partial charge in [0.05, 0.1) is 0 Å². The van der Waals surface area contributed by atoms with E-state index in [1.165, 1.54) is 56.9 Å². The van der Waals surface area contributed by atoms with Crippen molar-refractivity contribution >= 4 is 17.6 Å². The fourth-order valence-corrected chi connectivity index (χ4v) is 6.13. The van der Waals surface area contributed by atoms with Crippen molar-refractivity contribution in [2.45, 2.75) is 89.2 Å². The number of carbonyl (C=O) groups excluding carboxylic acids is 1. The Kier molecular flexibility index (Phi) is 10.0. The zero-order chi connectivity index (χ0) is 27.0. The number of halogens is 1. The molecule has 3 aromatic carbocycles. The molecular formula is C34H42ClNO2. The Morgan fingerprint density at radius 2 is 1.39 bits per heavy atom. The van der Waals surface area contributed by atoms with Crippen molar-refractivity contribution < 1.29 is 9.53 Å². The predicted octanol–water partition coefficient (Wildman–Crippen LogP) is 8.77. The second-order valence-electron chi connectivity index (χ2n) is 11.2. The number of carbonyl (C=O) groups is 1. The molecule has 2 atom stereocenters. The number of hydrogen-bond donors (Lipinski definition) is 1. The van der Waals surface area contributed by atoms with Gasteiger partial charge in [-0.05, 0) is 42.7 Å². The highest BCUT2D eigenvalue weighted by molar-refractivity contribution is 6.31. The normalized spacial score (nSPS) is 17.6. The topological polar surface area (TPSA) is 52.3 Å². The van der Waals surface area contributed by atoms with Crippen LogP contribution in [0, 0.1) is 5.92 Å². The summed E-state index contributed by atoms with van der Waals surface area (Å²) < 4.78 is 6.53. The lowest BCUT2D eigenvalue weighted by Gasteiger charge is -2.37. The van der Waals surface area contributed by atoms with Gasteiger partial charge in [-0.2, -0.15) is 0 Å². The summed E-state index contributed by atoms with van der Waals surface area (Å²) in [5.41, 5.74) is 8.93. The van der Waals surface area contributed by atoms with E-state index in [1.807, 2.05) is 54.6 Å². The molecule has 2 N–H and O–H groups in total. The molecule has 0 bridgehead atoms. The van der Waals surface area contributed by atoms with Crippen molar-refractivity contribution in [2.24, 2.45) is 11.7 Å². The van der Waals surface area contributed by atoms with Crippen LogP contribution in [0.5, 0.6) is 0 Å². The number of hydrogen-bond acceptors (Lipinski definition) is 3. The maximum absolute atomic E-state index is 13.6. The maximum Gasteiger partial charge on any atom is 0.324 e. The second-order valence-corrected chi connectivity index (χ2v) is 11.6. The summed E-state index contributed by atoms with van der Waals surface area (Å²) in [6.45, 7) is 4.11. The van der Waals surface area contributed by atoms with Gasteiger partial charge in [-0.1, -0.05) is 137 Å². The Labute approximate surface area is 233 Å². The largest absolute Gasteiger partial charge is 0.443 e. The molecule has 3 nitrogen and oxygen atoms in total. The number of ether oxygens (including phenoxy) is 1. The quantitative estimate of drug-likeness (QED) is 0.233. The van der Waals surface area contributed by atoms with Gasteiger partial charge in [0, 0.05) is 21.7 Å². The zero-order valence-corrected chi connectivity index (χ0v) is 23.6. The van der Waals surface area contributed by atoms with E-state index in [-0.39, 0.29) is 5.92 Å². The van der Waals surface area contributed by atoms with E-state index >= 15 is 0 Å². The summed E-state index contributed by atoms with van der Waals surface area (Å²) in [5, 5.41) is 0.543. The van der Waals surface area contributed by atoms with Crippen LogP contribution in [0.4, 0.5) is 0 Å². The Balaban J connectivity index is 1.81. The van der Waals surface area contributed by atoms with Crippen LogP contribution >= 0.6 is 11.6 Å². The average molecular weight is 532 g/mol. The van der Waals surface area contributed by atoms with Gasteiger partial charge in [-0.25, -0.2) is 0 Å². The number of esters is 1. The number of nitrogens with two attached hydrogens (primary N) is 1. The van der Waals surface area contributed by atoms with Crippen LogP contribution in [-0.4, -0.2) is 12.0 Å². The van der Waals surface area contributed by atoms with E-state index in [9.17, 15) is 4.79 Å². The molecule has 0 aliphatic heterocycles. The van der Waals surface area contributed by atoms with Crippen molar-refractivity contribution in [2.75, 3.05) is 0 Å². The molecule has 0 amide bonds. The third-order valence-corrected chi connectivity index (χ3v) is 8.19. The summed E-state index contributed by atoms with van der Waals surface area (Å²) in [5.74, 6) is 0.412. The fraction of sp³-hybridized carbons (Fsp3) is 0.441. The Morgan fingerprint density at radius 1 is 0.842 bits per heavy atom. The molecule has 4 rings (SSSR count). The lowest BCUT2D eigenvalue weighted by atomic mass is 9.78. The highest BCUT2D eigenvalue weighted by Gasteiger charge is 2.43. The van der Waals surface area contributed by atoms with E-state index in [1.54, 1.807) is 0 Å². The van der Waals surface area contributed by atoms with Crippen LogP contribution in [0.2, 0.25) is 5.02 Å². The molecule has 0 aromatic heterocycles. The van der Waals surface area contributed by atoms with Gasteiger partial charge in [0.15, 0.2) is 5.60 Å². The SMILES string of the molecule is CC(C)C[C@H](N)C(=O)OC(c1ccccc1)(c1ccc(C2CCCCCCCC2)cc1)c1ccccc1Cl. The standard InChI is InChI=1S/C34H42ClNO2/c1-25(2)24-32(36)33(37)38-34(28-16-10-7-11-17-28,30-18-12-13-19-31(30)35)29-22-20-27(21-23-29)26-14-8-5-3-4-6-9-15-26/h7,10-13,16-23,25-26,32H,3-6,8-9,14-15,24,36H2,1-2H3/t32-,34?/m0/s1. The van der Waals surface area contributed by atoms with Gasteiger partial charge in [0.25, 0.3) is 0 Å². The third-order valence-electron chi connectivity index (χ3n) is 7.86. The molecule has 1 fully saturated rings. The van der Waals surface area contributed by atoms with E-state index in [4.69, 9.17) is 22.1 Å². The van der Waals surface area contributed by atoms with Crippen LogP contribution in [0.15, 0.2) is 78.9 Å². The van der Waals surface area contributed by atoms with Crippen molar-refractivity contribution in [1.82, 2.24) is 0 Å². The second kappa shape index (κ2) is 13.4. The van der Waals surface area contributed by atoms with Crippen LogP contribution in [0.3, 0.4) is 0 Å². The molecule has 0 saturated heterocycles. The van der Waals surface area contributed by atoms with Crippen molar-refractivity contribution in [3.05, 3.63) is 106 Å². The molecule has 1 unspecified atom stereocenters. The van der Waals surface area contributed by atoms with E-state index in [0.29, 0.717) is 17.4 Å². The van der Waals surface area contributed by atoms with Gasteiger partial charge < -0.3 is 10.5 Å². The maximum atomic E-state index is 13.6. The highest BCUT2D eigenvalue weighted by atomic mass is 35.5. The molecule has 3 aromatic rings. The monoisotopic (exact) mass is 531 g/mol. The molecule has 202 valence electrons. The molecular weight excluding hydrogens is 490 g/mol. The minimum atomic E-state index is -1.22. The average Bonchev–Trinajstić information content (AvgIpc) is 3.06. The van der Waals surface area contributed by atoms with Crippen LogP contribution < -0.4 is 5.73 Å². The Morgan fingerprint density at radius 3 is 2.00 bits per heavy atom. The summed E-state index contributed by atoms with van der Waals surface area (Å²) in [6, 6.07) is 25.5. The lowest BCUT2D eigenvalue weighted by molar-refractivity contribution is -0.155. The first-order valence-corrected chi connectivity index (χ1v) is 14.7. The molecule has 4 heteroatoms. The highest BCUT2D eigenvalue weighted by Crippen LogP contribution is 2.44. The summed E-state index contributed by atoms with van der Waals surface area (Å²) in [6.07, 6.45) is 10.9. The summed E-state index contributed by atoms with van der Waals surface area (Å²) in [4.78, 5) is 13.6.